The Bertz CT molecular complexity index is 841. The number of carboxylic acid groups (broad SMARTS) is 1. The first-order valence-corrected chi connectivity index (χ1v) is 9.14. The van der Waals surface area contributed by atoms with Crippen LogP contribution in [0.3, 0.4) is 0 Å². The van der Waals surface area contributed by atoms with E-state index >= 15 is 0 Å². The number of carboxylic acids is 1. The summed E-state index contributed by atoms with van der Waals surface area (Å²) in [5.74, 6) is 0.0964. The number of piperidine rings is 1. The molecule has 2 heterocycles. The highest BCUT2D eigenvalue weighted by molar-refractivity contribution is 5.87. The smallest absolute Gasteiger partial charge is 0.335 e. The fourth-order valence-corrected chi connectivity index (χ4v) is 3.55. The molecule has 8 heteroatoms. The van der Waals surface area contributed by atoms with Crippen LogP contribution in [0.1, 0.15) is 59.2 Å². The van der Waals surface area contributed by atoms with Crippen molar-refractivity contribution in [1.82, 2.24) is 15.0 Å². The Morgan fingerprint density at radius 1 is 1.41 bits per heavy atom. The highest BCUT2D eigenvalue weighted by Crippen LogP contribution is 2.41. The number of aromatic carboxylic acids is 1. The summed E-state index contributed by atoms with van der Waals surface area (Å²) in [5.41, 5.74) is -0.155. The highest BCUT2D eigenvalue weighted by atomic mass is 19.1. The molecule has 2 aromatic rings. The van der Waals surface area contributed by atoms with Crippen LogP contribution in [0.2, 0.25) is 0 Å². The van der Waals surface area contributed by atoms with E-state index in [1.807, 2.05) is 0 Å². The van der Waals surface area contributed by atoms with Crippen molar-refractivity contribution < 1.29 is 23.6 Å². The monoisotopic (exact) mass is 375 g/mol. The Labute approximate surface area is 156 Å². The predicted molar refractivity (Wildman–Crippen MR) is 92.8 cm³/mol. The van der Waals surface area contributed by atoms with Gasteiger partial charge in [0.15, 0.2) is 5.82 Å². The normalized spacial score (nSPS) is 19.9. The van der Waals surface area contributed by atoms with E-state index in [-0.39, 0.29) is 5.56 Å². The molecule has 0 unspecified atom stereocenters. The molecule has 0 spiro atoms. The summed E-state index contributed by atoms with van der Waals surface area (Å²) in [7, 11) is 1.65. The van der Waals surface area contributed by atoms with E-state index in [0.29, 0.717) is 49.8 Å². The first kappa shape index (κ1) is 18.1. The number of aromatic nitrogens is 2. The van der Waals surface area contributed by atoms with Gasteiger partial charge in [0, 0.05) is 38.2 Å². The SMILES string of the molecule is COC1(c2nc(C3CC3)no2)CCN(Cc2ccc(C(=O)O)cc2F)CC1. The number of hydrogen-bond acceptors (Lipinski definition) is 6. The maximum Gasteiger partial charge on any atom is 0.335 e. The van der Waals surface area contributed by atoms with E-state index in [1.165, 1.54) is 12.1 Å². The molecule has 1 aliphatic carbocycles. The Kier molecular flexibility index (Phi) is 4.69. The van der Waals surface area contributed by atoms with Gasteiger partial charge in [-0.05, 0) is 37.8 Å². The van der Waals surface area contributed by atoms with Crippen molar-refractivity contribution in [3.63, 3.8) is 0 Å². The Morgan fingerprint density at radius 3 is 2.74 bits per heavy atom. The molecule has 1 aromatic carbocycles. The minimum absolute atomic E-state index is 0.0452. The molecule has 1 saturated heterocycles. The molecule has 2 fully saturated rings. The first-order chi connectivity index (χ1) is 13.0. The van der Waals surface area contributed by atoms with E-state index in [4.69, 9.17) is 14.4 Å². The molecule has 144 valence electrons. The average molecular weight is 375 g/mol. The summed E-state index contributed by atoms with van der Waals surface area (Å²) in [6, 6.07) is 4.04. The molecule has 1 saturated carbocycles. The first-order valence-electron chi connectivity index (χ1n) is 9.14. The van der Waals surface area contributed by atoms with Crippen molar-refractivity contribution in [3.05, 3.63) is 46.9 Å². The molecule has 1 N–H and O–H groups in total. The molecule has 2 aliphatic rings. The summed E-state index contributed by atoms with van der Waals surface area (Å²) in [5, 5.41) is 13.0. The quantitative estimate of drug-likeness (QED) is 0.830. The summed E-state index contributed by atoms with van der Waals surface area (Å²) in [6.07, 6.45) is 3.56. The van der Waals surface area contributed by atoms with Gasteiger partial charge in [-0.25, -0.2) is 9.18 Å². The van der Waals surface area contributed by atoms with Gasteiger partial charge in [-0.1, -0.05) is 11.2 Å². The van der Waals surface area contributed by atoms with Gasteiger partial charge in [0.2, 0.25) is 0 Å². The van der Waals surface area contributed by atoms with Gasteiger partial charge >= 0.3 is 5.97 Å². The number of ether oxygens (including phenoxy) is 1. The van der Waals surface area contributed by atoms with E-state index < -0.39 is 17.4 Å². The minimum atomic E-state index is -1.13. The van der Waals surface area contributed by atoms with Gasteiger partial charge in [0.25, 0.3) is 5.89 Å². The van der Waals surface area contributed by atoms with Gasteiger partial charge in [0.05, 0.1) is 5.56 Å². The molecule has 0 amide bonds. The number of benzene rings is 1. The van der Waals surface area contributed by atoms with Gasteiger partial charge in [-0.2, -0.15) is 4.98 Å². The standard InChI is InChI=1S/C19H22FN3O4/c1-26-19(18-21-16(22-27-18)12-2-3-12)6-8-23(9-7-19)11-14-5-4-13(17(24)25)10-15(14)20/h4-5,10,12H,2-3,6-9,11H2,1H3,(H,24,25). The maximum absolute atomic E-state index is 14.2. The zero-order chi connectivity index (χ0) is 19.0. The van der Waals surface area contributed by atoms with E-state index in [0.717, 1.165) is 24.7 Å². The second-order valence-corrected chi connectivity index (χ2v) is 7.32. The van der Waals surface area contributed by atoms with E-state index in [2.05, 4.69) is 15.0 Å². The zero-order valence-corrected chi connectivity index (χ0v) is 15.2. The molecule has 0 radical (unpaired) electrons. The predicted octanol–water partition coefficient (Wildman–Crippen LogP) is 2.92. The number of likely N-dealkylation sites (tertiary alicyclic amines) is 1. The fourth-order valence-electron chi connectivity index (χ4n) is 3.55. The van der Waals surface area contributed by atoms with Crippen LogP contribution in [0.4, 0.5) is 4.39 Å². The van der Waals surface area contributed by atoms with Crippen molar-refractivity contribution in [1.29, 1.82) is 0 Å². The molecular formula is C19H22FN3O4. The third-order valence-corrected chi connectivity index (χ3v) is 5.52. The number of hydrogen-bond donors (Lipinski definition) is 1. The highest BCUT2D eigenvalue weighted by Gasteiger charge is 2.42. The van der Waals surface area contributed by atoms with Crippen LogP contribution in [0.5, 0.6) is 0 Å². The zero-order valence-electron chi connectivity index (χ0n) is 15.2. The summed E-state index contributed by atoms with van der Waals surface area (Å²) >= 11 is 0. The maximum atomic E-state index is 14.2. The number of nitrogens with zero attached hydrogens (tertiary/aromatic N) is 3. The van der Waals surface area contributed by atoms with Crippen molar-refractivity contribution in [2.45, 2.75) is 43.7 Å². The van der Waals surface area contributed by atoms with E-state index in [9.17, 15) is 9.18 Å². The van der Waals surface area contributed by atoms with Crippen LogP contribution in [0.25, 0.3) is 0 Å². The molecular weight excluding hydrogens is 353 g/mol. The van der Waals surface area contributed by atoms with Crippen molar-refractivity contribution >= 4 is 5.97 Å². The van der Waals surface area contributed by atoms with Crippen LogP contribution in [-0.4, -0.2) is 46.3 Å². The molecule has 0 atom stereocenters. The molecule has 1 aliphatic heterocycles. The topological polar surface area (TPSA) is 88.7 Å². The van der Waals surface area contributed by atoms with Gasteiger partial charge in [0.1, 0.15) is 11.4 Å². The number of carbonyl (C=O) groups is 1. The lowest BCUT2D eigenvalue weighted by molar-refractivity contribution is -0.0839. The summed E-state index contributed by atoms with van der Waals surface area (Å²) in [4.78, 5) is 17.6. The van der Waals surface area contributed by atoms with E-state index in [1.54, 1.807) is 7.11 Å². The second kappa shape index (κ2) is 7.01. The van der Waals surface area contributed by atoms with Gasteiger partial charge in [-0.3, -0.25) is 4.90 Å². The Morgan fingerprint density at radius 2 is 2.15 bits per heavy atom. The third-order valence-electron chi connectivity index (χ3n) is 5.52. The number of halogens is 1. The van der Waals surface area contributed by atoms with Crippen molar-refractivity contribution in [2.24, 2.45) is 0 Å². The molecule has 7 nitrogen and oxygen atoms in total. The van der Waals surface area contributed by atoms with Crippen LogP contribution in [0, 0.1) is 5.82 Å². The van der Waals surface area contributed by atoms with Crippen LogP contribution < -0.4 is 0 Å². The molecule has 1 aromatic heterocycles. The second-order valence-electron chi connectivity index (χ2n) is 7.32. The van der Waals surface area contributed by atoms with Crippen molar-refractivity contribution in [3.8, 4) is 0 Å². The molecule has 0 bridgehead atoms. The average Bonchev–Trinajstić information content (AvgIpc) is 3.40. The van der Waals surface area contributed by atoms with Gasteiger partial charge < -0.3 is 14.4 Å². The Hall–Kier alpha value is -2.32. The molecule has 27 heavy (non-hydrogen) atoms. The minimum Gasteiger partial charge on any atom is -0.478 e. The van der Waals surface area contributed by atoms with Crippen molar-refractivity contribution in [2.75, 3.05) is 20.2 Å². The summed E-state index contributed by atoms with van der Waals surface area (Å²) < 4.78 is 25.5. The molecule has 4 rings (SSSR count). The number of rotatable bonds is 6. The largest absolute Gasteiger partial charge is 0.478 e. The summed E-state index contributed by atoms with van der Waals surface area (Å²) in [6.45, 7) is 1.80. The lowest BCUT2D eigenvalue weighted by Crippen LogP contribution is -2.43. The van der Waals surface area contributed by atoms with Gasteiger partial charge in [-0.15, -0.1) is 0 Å². The van der Waals surface area contributed by atoms with Crippen LogP contribution in [-0.2, 0) is 16.9 Å². The van der Waals surface area contributed by atoms with Crippen LogP contribution in [0.15, 0.2) is 22.7 Å². The van der Waals surface area contributed by atoms with Crippen LogP contribution >= 0.6 is 0 Å². The fraction of sp³-hybridized carbons (Fsp3) is 0.526. The third kappa shape index (κ3) is 3.59. The lowest BCUT2D eigenvalue weighted by Gasteiger charge is -2.38. The Balaban J connectivity index is 1.42. The number of methoxy groups -OCH3 is 1. The lowest BCUT2D eigenvalue weighted by atomic mass is 9.90.